The van der Waals surface area contributed by atoms with Gasteiger partial charge < -0.3 is 9.47 Å². The molecule has 0 radical (unpaired) electrons. The lowest BCUT2D eigenvalue weighted by atomic mass is 10.0. The van der Waals surface area contributed by atoms with Crippen molar-refractivity contribution in [2.75, 3.05) is 7.11 Å². The molecule has 0 N–H and O–H groups in total. The first-order valence-electron chi connectivity index (χ1n) is 6.37. The van der Waals surface area contributed by atoms with Crippen LogP contribution in [0.25, 0.3) is 6.08 Å². The quantitative estimate of drug-likeness (QED) is 0.779. The maximum absolute atomic E-state index is 12.4. The van der Waals surface area contributed by atoms with Crippen molar-refractivity contribution in [2.45, 2.75) is 6.92 Å². The minimum atomic E-state index is -0.0796. The monoisotopic (exact) mass is 266 g/mol. The first kappa shape index (κ1) is 12.5. The number of carbonyl (C=O) groups is 1. The van der Waals surface area contributed by atoms with Crippen molar-refractivity contribution in [1.82, 2.24) is 0 Å². The molecule has 1 aliphatic heterocycles. The third-order valence-electron chi connectivity index (χ3n) is 3.28. The summed E-state index contributed by atoms with van der Waals surface area (Å²) in [5, 5.41) is 0. The third kappa shape index (κ3) is 2.07. The highest BCUT2D eigenvalue weighted by atomic mass is 16.5. The van der Waals surface area contributed by atoms with Gasteiger partial charge in [-0.05, 0) is 30.2 Å². The summed E-state index contributed by atoms with van der Waals surface area (Å²) in [4.78, 5) is 12.4. The van der Waals surface area contributed by atoms with Crippen molar-refractivity contribution < 1.29 is 14.3 Å². The fourth-order valence-corrected chi connectivity index (χ4v) is 2.30. The summed E-state index contributed by atoms with van der Waals surface area (Å²) in [6.07, 6.45) is 1.76. The number of benzene rings is 2. The van der Waals surface area contributed by atoms with E-state index in [4.69, 9.17) is 9.47 Å². The number of methoxy groups -OCH3 is 1. The predicted molar refractivity (Wildman–Crippen MR) is 77.1 cm³/mol. The second-order valence-corrected chi connectivity index (χ2v) is 4.67. The second-order valence-electron chi connectivity index (χ2n) is 4.67. The van der Waals surface area contributed by atoms with E-state index in [0.29, 0.717) is 22.8 Å². The largest absolute Gasteiger partial charge is 0.497 e. The Morgan fingerprint density at radius 1 is 1.15 bits per heavy atom. The van der Waals surface area contributed by atoms with Gasteiger partial charge in [-0.1, -0.05) is 30.3 Å². The molecule has 2 aromatic carbocycles. The van der Waals surface area contributed by atoms with Gasteiger partial charge in [0.25, 0.3) is 0 Å². The molecule has 0 unspecified atom stereocenters. The lowest BCUT2D eigenvalue weighted by Crippen LogP contribution is -1.99. The third-order valence-corrected chi connectivity index (χ3v) is 3.28. The summed E-state index contributed by atoms with van der Waals surface area (Å²) in [5.41, 5.74) is 2.42. The zero-order valence-electron chi connectivity index (χ0n) is 11.3. The minimum Gasteiger partial charge on any atom is -0.497 e. The van der Waals surface area contributed by atoms with Crippen LogP contribution in [0.4, 0.5) is 0 Å². The summed E-state index contributed by atoms with van der Waals surface area (Å²) in [5.74, 6) is 1.52. The maximum Gasteiger partial charge on any atom is 0.232 e. The Morgan fingerprint density at radius 2 is 1.90 bits per heavy atom. The van der Waals surface area contributed by atoms with Crippen LogP contribution in [0.15, 0.2) is 48.2 Å². The molecule has 3 nitrogen and oxygen atoms in total. The number of Topliss-reactive ketones (excluding diaryl/α,β-unsaturated/α-hetero) is 1. The van der Waals surface area contributed by atoms with Gasteiger partial charge in [-0.15, -0.1) is 0 Å². The lowest BCUT2D eigenvalue weighted by molar-refractivity contribution is 0.101. The van der Waals surface area contributed by atoms with E-state index < -0.39 is 0 Å². The first-order chi connectivity index (χ1) is 9.69. The highest BCUT2D eigenvalue weighted by Crippen LogP contribution is 2.37. The van der Waals surface area contributed by atoms with Gasteiger partial charge in [0, 0.05) is 6.07 Å². The van der Waals surface area contributed by atoms with E-state index in [0.717, 1.165) is 11.1 Å². The molecular formula is C17H14O3. The smallest absolute Gasteiger partial charge is 0.232 e. The van der Waals surface area contributed by atoms with Gasteiger partial charge in [0.2, 0.25) is 5.78 Å². The van der Waals surface area contributed by atoms with Gasteiger partial charge in [0.15, 0.2) is 5.76 Å². The molecular weight excluding hydrogens is 252 g/mol. The van der Waals surface area contributed by atoms with Crippen LogP contribution in [0.5, 0.6) is 11.5 Å². The fraction of sp³-hybridized carbons (Fsp3) is 0.118. The van der Waals surface area contributed by atoms with Gasteiger partial charge in [-0.25, -0.2) is 0 Å². The zero-order chi connectivity index (χ0) is 14.1. The molecule has 0 fully saturated rings. The number of rotatable bonds is 2. The summed E-state index contributed by atoms with van der Waals surface area (Å²) in [6.45, 7) is 1.88. The van der Waals surface area contributed by atoms with Crippen LogP contribution in [-0.2, 0) is 0 Å². The Kier molecular flexibility index (Phi) is 3.03. The van der Waals surface area contributed by atoms with Crippen molar-refractivity contribution in [1.29, 1.82) is 0 Å². The number of fused-ring (bicyclic) bond motifs is 1. The number of ether oxygens (including phenoxy) is 2. The normalized spacial score (nSPS) is 15.1. The van der Waals surface area contributed by atoms with E-state index in [1.54, 1.807) is 19.3 Å². The van der Waals surface area contributed by atoms with Crippen LogP contribution in [-0.4, -0.2) is 12.9 Å². The Morgan fingerprint density at radius 3 is 2.60 bits per heavy atom. The number of carbonyl (C=O) groups excluding carboxylic acids is 1. The first-order valence-corrected chi connectivity index (χ1v) is 6.37. The summed E-state index contributed by atoms with van der Waals surface area (Å²) in [6, 6.07) is 13.2. The van der Waals surface area contributed by atoms with Gasteiger partial charge in [-0.3, -0.25) is 4.79 Å². The van der Waals surface area contributed by atoms with Crippen LogP contribution < -0.4 is 9.47 Å². The van der Waals surface area contributed by atoms with E-state index >= 15 is 0 Å². The van der Waals surface area contributed by atoms with Crippen molar-refractivity contribution >= 4 is 11.9 Å². The Balaban J connectivity index is 2.03. The number of hydrogen-bond donors (Lipinski definition) is 0. The Hall–Kier alpha value is -2.55. The highest BCUT2D eigenvalue weighted by molar-refractivity contribution is 6.15. The zero-order valence-corrected chi connectivity index (χ0v) is 11.3. The second kappa shape index (κ2) is 4.85. The van der Waals surface area contributed by atoms with Crippen LogP contribution in [0.2, 0.25) is 0 Å². The van der Waals surface area contributed by atoms with Gasteiger partial charge in [0.1, 0.15) is 11.5 Å². The van der Waals surface area contributed by atoms with E-state index in [-0.39, 0.29) is 5.78 Å². The topological polar surface area (TPSA) is 35.5 Å². The van der Waals surface area contributed by atoms with Gasteiger partial charge in [0.05, 0.1) is 12.7 Å². The van der Waals surface area contributed by atoms with Crippen molar-refractivity contribution in [3.05, 3.63) is 64.9 Å². The minimum absolute atomic E-state index is 0.0796. The van der Waals surface area contributed by atoms with Crippen molar-refractivity contribution in [3.8, 4) is 11.5 Å². The molecule has 0 aromatic heterocycles. The van der Waals surface area contributed by atoms with Crippen molar-refractivity contribution in [3.63, 3.8) is 0 Å². The molecule has 0 saturated carbocycles. The molecule has 3 heteroatoms. The molecule has 0 saturated heterocycles. The fourth-order valence-electron chi connectivity index (χ4n) is 2.30. The number of hydrogen-bond acceptors (Lipinski definition) is 3. The average molecular weight is 266 g/mol. The number of ketones is 1. The summed E-state index contributed by atoms with van der Waals surface area (Å²) >= 11 is 0. The van der Waals surface area contributed by atoms with E-state index in [2.05, 4.69) is 0 Å². The van der Waals surface area contributed by atoms with Crippen LogP contribution >= 0.6 is 0 Å². The molecule has 100 valence electrons. The van der Waals surface area contributed by atoms with E-state index in [1.165, 1.54) is 0 Å². The van der Waals surface area contributed by atoms with Crippen LogP contribution in [0, 0.1) is 6.92 Å². The molecule has 1 aliphatic rings. The van der Waals surface area contributed by atoms with Crippen LogP contribution in [0.3, 0.4) is 0 Å². The molecule has 0 amide bonds. The number of aryl methyl sites for hydroxylation is 1. The van der Waals surface area contributed by atoms with Crippen molar-refractivity contribution in [2.24, 2.45) is 0 Å². The maximum atomic E-state index is 12.4. The molecule has 0 bridgehead atoms. The highest BCUT2D eigenvalue weighted by Gasteiger charge is 2.29. The summed E-state index contributed by atoms with van der Waals surface area (Å²) in [7, 11) is 1.60. The standard InChI is InChI=1S/C17H14O3/c1-11-8-13(19-2)10-14-16(11)17(18)15(20-14)9-12-6-4-3-5-7-12/h3-10H,1-2H3/b15-9-. The SMILES string of the molecule is COc1cc(C)c2c(c1)O/C(=C\c1ccccc1)C2=O. The average Bonchev–Trinajstić information content (AvgIpc) is 2.76. The molecule has 1 heterocycles. The van der Waals surface area contributed by atoms with E-state index in [9.17, 15) is 4.79 Å². The molecule has 0 spiro atoms. The summed E-state index contributed by atoms with van der Waals surface area (Å²) < 4.78 is 10.9. The Labute approximate surface area is 117 Å². The predicted octanol–water partition coefficient (Wildman–Crippen LogP) is 3.62. The lowest BCUT2D eigenvalue weighted by Gasteiger charge is -2.04. The molecule has 0 aliphatic carbocycles. The molecule has 2 aromatic rings. The van der Waals surface area contributed by atoms with E-state index in [1.807, 2.05) is 43.3 Å². The molecule has 0 atom stereocenters. The Bertz CT molecular complexity index is 700. The van der Waals surface area contributed by atoms with Gasteiger partial charge in [-0.2, -0.15) is 0 Å². The molecule has 3 rings (SSSR count). The van der Waals surface area contributed by atoms with Gasteiger partial charge >= 0.3 is 0 Å². The number of allylic oxidation sites excluding steroid dienone is 1. The van der Waals surface area contributed by atoms with Crippen LogP contribution in [0.1, 0.15) is 21.5 Å². The molecule has 20 heavy (non-hydrogen) atoms.